The van der Waals surface area contributed by atoms with Crippen molar-refractivity contribution in [1.29, 1.82) is 0 Å². The second-order valence-corrected chi connectivity index (χ2v) is 16.0. The molecule has 1 saturated heterocycles. The smallest absolute Gasteiger partial charge is 0.330 e. The molecule has 1 aliphatic rings. The van der Waals surface area contributed by atoms with Gasteiger partial charge in [0.2, 0.25) is 5.91 Å². The van der Waals surface area contributed by atoms with Crippen LogP contribution < -0.4 is 25.4 Å². The zero-order chi connectivity index (χ0) is 40.7. The Bertz CT molecular complexity index is 1980. The van der Waals surface area contributed by atoms with E-state index < -0.39 is 29.7 Å². The molecule has 1 aliphatic heterocycles. The van der Waals surface area contributed by atoms with E-state index in [0.29, 0.717) is 40.3 Å². The molecule has 13 heteroatoms. The van der Waals surface area contributed by atoms with Crippen molar-refractivity contribution in [2.75, 3.05) is 24.4 Å². The fourth-order valence-corrected chi connectivity index (χ4v) is 6.27. The molecule has 1 unspecified atom stereocenters. The first kappa shape index (κ1) is 43.1. The number of nitrogens with zero attached hydrogens (tertiary/aromatic N) is 1. The quantitative estimate of drug-likeness (QED) is 0.0405. The Hall–Kier alpha value is -4.68. The molecule has 4 rings (SSSR count). The van der Waals surface area contributed by atoms with Crippen molar-refractivity contribution in [1.82, 2.24) is 10.2 Å². The van der Waals surface area contributed by atoms with Gasteiger partial charge in [-0.25, -0.2) is 9.69 Å². The van der Waals surface area contributed by atoms with E-state index in [2.05, 4.69) is 85.6 Å². The third kappa shape index (κ3) is 10.1. The van der Waals surface area contributed by atoms with Crippen molar-refractivity contribution in [2.45, 2.75) is 97.4 Å². The van der Waals surface area contributed by atoms with Crippen molar-refractivity contribution >= 4 is 68.4 Å². The van der Waals surface area contributed by atoms with Crippen molar-refractivity contribution in [3.8, 4) is 11.5 Å². The molecule has 1 fully saturated rings. The Morgan fingerprint density at radius 1 is 0.909 bits per heavy atom. The van der Waals surface area contributed by atoms with E-state index in [9.17, 15) is 24.0 Å². The molecule has 3 aromatic rings. The molecular formula is C42H50BrClN4O7. The van der Waals surface area contributed by atoms with E-state index in [4.69, 9.17) is 21.1 Å². The number of hydrogen-bond donors (Lipinski definition) is 3. The Balaban J connectivity index is 1.48. The Morgan fingerprint density at radius 3 is 2.20 bits per heavy atom. The van der Waals surface area contributed by atoms with Crippen LogP contribution in [0, 0.1) is 0 Å². The highest BCUT2D eigenvalue weighted by Gasteiger charge is 2.46. The third-order valence-electron chi connectivity index (χ3n) is 10.2. The minimum atomic E-state index is -1.90. The van der Waals surface area contributed by atoms with E-state index in [-0.39, 0.29) is 45.1 Å². The first-order valence-electron chi connectivity index (χ1n) is 18.4. The number of imide groups is 1. The third-order valence-corrected chi connectivity index (χ3v) is 11.5. The zero-order valence-electron chi connectivity index (χ0n) is 32.7. The molecule has 0 spiro atoms. The lowest BCUT2D eigenvalue weighted by Gasteiger charge is -2.30. The standard InChI is InChI=1S/C42H50BrClN4O7/c1-9-30(43)35-39(52)48(40(53)47-35)36(37(50)25-14-18-28(54-8)19-15-25)38(51)46-32-24-27(17-20-31(32)44)45-34(49)13-12-22-55-33-21-16-26(41(4,5)10-2)23-29(33)42(6,7)11-3/h14-21,23-24,36H,9-13,22H2,1-8H3,(H,45,49)(H,46,51)(H,47,53). The predicted octanol–water partition coefficient (Wildman–Crippen LogP) is 9.28. The van der Waals surface area contributed by atoms with Crippen molar-refractivity contribution in [2.24, 2.45) is 0 Å². The fourth-order valence-electron chi connectivity index (χ4n) is 5.83. The minimum absolute atomic E-state index is 0.0346. The van der Waals surface area contributed by atoms with Gasteiger partial charge in [0.15, 0.2) is 11.8 Å². The van der Waals surface area contributed by atoms with Gasteiger partial charge in [-0.3, -0.25) is 19.2 Å². The number of allylic oxidation sites excluding steroid dienone is 1. The number of benzene rings is 3. The molecule has 1 atom stereocenters. The largest absolute Gasteiger partial charge is 0.497 e. The highest BCUT2D eigenvalue weighted by atomic mass is 79.9. The second kappa shape index (κ2) is 18.3. The monoisotopic (exact) mass is 836 g/mol. The maximum atomic E-state index is 13.9. The van der Waals surface area contributed by atoms with E-state index >= 15 is 0 Å². The van der Waals surface area contributed by atoms with E-state index in [1.165, 1.54) is 49.1 Å². The summed E-state index contributed by atoms with van der Waals surface area (Å²) in [7, 11) is 1.46. The fraction of sp³-hybridized carbons (Fsp3) is 0.405. The van der Waals surface area contributed by atoms with Crippen LogP contribution in [-0.4, -0.2) is 54.2 Å². The Kier molecular flexibility index (Phi) is 14.3. The number of nitrogens with one attached hydrogen (secondary N) is 3. The molecule has 3 N–H and O–H groups in total. The normalized spacial score (nSPS) is 14.6. The summed E-state index contributed by atoms with van der Waals surface area (Å²) < 4.78 is 11.8. The summed E-state index contributed by atoms with van der Waals surface area (Å²) in [6.07, 6.45) is 2.93. The number of rotatable bonds is 17. The first-order valence-corrected chi connectivity index (χ1v) is 19.5. The van der Waals surface area contributed by atoms with E-state index in [0.717, 1.165) is 24.2 Å². The number of ether oxygens (including phenoxy) is 2. The summed E-state index contributed by atoms with van der Waals surface area (Å²) in [4.78, 5) is 67.9. The lowest BCUT2D eigenvalue weighted by atomic mass is 9.76. The Morgan fingerprint density at radius 2 is 1.58 bits per heavy atom. The number of hydrogen-bond acceptors (Lipinski definition) is 7. The van der Waals surface area contributed by atoms with E-state index in [1.807, 2.05) is 6.07 Å². The number of urea groups is 1. The number of halogens is 2. The number of carbonyl (C=O) groups is 5. The van der Waals surface area contributed by atoms with Crippen LogP contribution in [0.2, 0.25) is 5.02 Å². The summed E-state index contributed by atoms with van der Waals surface area (Å²) >= 11 is 9.74. The van der Waals surface area contributed by atoms with Crippen LogP contribution in [0.1, 0.15) is 102 Å². The van der Waals surface area contributed by atoms with Crippen LogP contribution in [0.3, 0.4) is 0 Å². The molecule has 0 aliphatic carbocycles. The summed E-state index contributed by atoms with van der Waals surface area (Å²) in [6, 6.07) is 14.0. The van der Waals surface area contributed by atoms with Gasteiger partial charge < -0.3 is 25.4 Å². The molecule has 0 radical (unpaired) electrons. The van der Waals surface area contributed by atoms with Gasteiger partial charge in [0, 0.05) is 27.7 Å². The molecule has 0 bridgehead atoms. The number of Topliss-reactive ketones (excluding diaryl/α,β-unsaturated/α-hetero) is 1. The van der Waals surface area contributed by atoms with Crippen molar-refractivity contribution in [3.05, 3.63) is 92.6 Å². The van der Waals surface area contributed by atoms with Crippen molar-refractivity contribution in [3.63, 3.8) is 0 Å². The van der Waals surface area contributed by atoms with Gasteiger partial charge in [0.25, 0.3) is 11.8 Å². The number of amides is 5. The van der Waals surface area contributed by atoms with Gasteiger partial charge in [0.1, 0.15) is 17.2 Å². The molecule has 294 valence electrons. The average molecular weight is 838 g/mol. The summed E-state index contributed by atoms with van der Waals surface area (Å²) in [5.41, 5.74) is 2.72. The van der Waals surface area contributed by atoms with Gasteiger partial charge in [-0.1, -0.05) is 88.1 Å². The average Bonchev–Trinajstić information content (AvgIpc) is 3.46. The van der Waals surface area contributed by atoms with Crippen molar-refractivity contribution < 1.29 is 33.4 Å². The van der Waals surface area contributed by atoms with Gasteiger partial charge in [-0.05, 0) is 90.6 Å². The van der Waals surface area contributed by atoms with Crippen LogP contribution in [0.25, 0.3) is 0 Å². The van der Waals surface area contributed by atoms with Gasteiger partial charge in [-0.15, -0.1) is 0 Å². The molecule has 55 heavy (non-hydrogen) atoms. The lowest BCUT2D eigenvalue weighted by Crippen LogP contribution is -2.52. The molecule has 0 saturated carbocycles. The molecule has 0 aromatic heterocycles. The van der Waals surface area contributed by atoms with Crippen LogP contribution >= 0.6 is 27.5 Å². The highest BCUT2D eigenvalue weighted by Crippen LogP contribution is 2.38. The van der Waals surface area contributed by atoms with Crippen LogP contribution in [0.4, 0.5) is 16.2 Å². The molecule has 5 amide bonds. The number of carbonyl (C=O) groups excluding carboxylic acids is 5. The summed E-state index contributed by atoms with van der Waals surface area (Å²) in [6.45, 7) is 15.3. The van der Waals surface area contributed by atoms with Gasteiger partial charge in [-0.2, -0.15) is 0 Å². The topological polar surface area (TPSA) is 143 Å². The summed E-state index contributed by atoms with van der Waals surface area (Å²) in [5.74, 6) is -1.66. The lowest BCUT2D eigenvalue weighted by molar-refractivity contribution is -0.129. The minimum Gasteiger partial charge on any atom is -0.497 e. The van der Waals surface area contributed by atoms with Gasteiger partial charge >= 0.3 is 6.03 Å². The summed E-state index contributed by atoms with van der Waals surface area (Å²) in [5, 5.41) is 7.96. The van der Waals surface area contributed by atoms with Gasteiger partial charge in [0.05, 0.1) is 24.4 Å². The van der Waals surface area contributed by atoms with Crippen LogP contribution in [-0.2, 0) is 25.2 Å². The molecule has 11 nitrogen and oxygen atoms in total. The number of anilines is 2. The second-order valence-electron chi connectivity index (χ2n) is 14.6. The van der Waals surface area contributed by atoms with Crippen LogP contribution in [0.15, 0.2) is 70.8 Å². The molecular weight excluding hydrogens is 788 g/mol. The van der Waals surface area contributed by atoms with E-state index in [1.54, 1.807) is 13.0 Å². The maximum Gasteiger partial charge on any atom is 0.330 e. The highest BCUT2D eigenvalue weighted by molar-refractivity contribution is 9.11. The molecule has 1 heterocycles. The molecule has 3 aromatic carbocycles. The Labute approximate surface area is 336 Å². The SMILES string of the molecule is CCC(Br)=C1NC(=O)N(C(C(=O)Nc2cc(NC(=O)CCCOc3ccc(C(C)(C)CC)cc3C(C)(C)CC)ccc2Cl)C(=O)c2ccc(OC)cc2)C1=O. The first-order chi connectivity index (χ1) is 26.0. The van der Waals surface area contributed by atoms with Crippen LogP contribution in [0.5, 0.6) is 11.5 Å². The number of methoxy groups -OCH3 is 1. The predicted molar refractivity (Wildman–Crippen MR) is 219 cm³/mol. The maximum absolute atomic E-state index is 13.9. The number of ketones is 1. The zero-order valence-corrected chi connectivity index (χ0v) is 35.0.